The molecule has 2 fully saturated rings. The third kappa shape index (κ3) is 1.79. The van der Waals surface area contributed by atoms with Crippen LogP contribution >= 0.6 is 22.6 Å². The van der Waals surface area contributed by atoms with E-state index in [-0.39, 0.29) is 11.3 Å². The number of fused-ring (bicyclic) bond motifs is 1. The van der Waals surface area contributed by atoms with Crippen molar-refractivity contribution in [3.05, 3.63) is 38.5 Å². The fraction of sp³-hybridized carbons (Fsp3) is 0.474. The summed E-state index contributed by atoms with van der Waals surface area (Å²) >= 11 is 2.36. The number of allylic oxidation sites excluding steroid dienone is 1. The lowest BCUT2D eigenvalue weighted by Gasteiger charge is -2.56. The monoisotopic (exact) mass is 438 g/mol. The molecule has 0 saturated heterocycles. The predicted octanol–water partition coefficient (Wildman–Crippen LogP) is 3.46. The van der Waals surface area contributed by atoms with Gasteiger partial charge in [-0.25, -0.2) is 0 Å². The molecule has 2 unspecified atom stereocenters. The Balaban J connectivity index is 1.85. The third-order valence-corrected chi connectivity index (χ3v) is 7.19. The van der Waals surface area contributed by atoms with Crippen molar-refractivity contribution in [3.8, 4) is 0 Å². The molecule has 2 saturated carbocycles. The third-order valence-electron chi connectivity index (χ3n) is 6.25. The second-order valence-corrected chi connectivity index (χ2v) is 8.19. The molecule has 1 aromatic carbocycles. The molecule has 0 N–H and O–H groups in total. The van der Waals surface area contributed by atoms with Gasteiger partial charge in [-0.2, -0.15) is 0 Å². The van der Waals surface area contributed by atoms with Crippen LogP contribution in [0.5, 0.6) is 0 Å². The molecule has 0 radical (unpaired) electrons. The number of halogens is 1. The van der Waals surface area contributed by atoms with Gasteiger partial charge < -0.3 is 9.47 Å². The zero-order chi connectivity index (χ0) is 17.1. The van der Waals surface area contributed by atoms with Gasteiger partial charge in [0.05, 0.1) is 14.2 Å². The van der Waals surface area contributed by atoms with Gasteiger partial charge >= 0.3 is 11.9 Å². The maximum absolute atomic E-state index is 12.5. The Bertz CT molecular complexity index is 766. The summed E-state index contributed by atoms with van der Waals surface area (Å²) in [5, 5.41) is 0. The summed E-state index contributed by atoms with van der Waals surface area (Å²) in [6.45, 7) is 0. The summed E-state index contributed by atoms with van der Waals surface area (Å²) in [6.07, 6.45) is 5.22. The van der Waals surface area contributed by atoms with Crippen LogP contribution in [0, 0.1) is 14.9 Å². The molecule has 3 aliphatic rings. The number of ether oxygens (including phenoxy) is 2. The number of carbonyl (C=O) groups is 2. The number of hydrogen-bond acceptors (Lipinski definition) is 4. The van der Waals surface area contributed by atoms with E-state index >= 15 is 0 Å². The summed E-state index contributed by atoms with van der Waals surface area (Å²) in [7, 11) is 2.69. The maximum atomic E-state index is 12.5. The molecular weight excluding hydrogens is 419 g/mol. The summed E-state index contributed by atoms with van der Waals surface area (Å²) in [5.41, 5.74) is 2.63. The molecule has 1 aromatic rings. The number of benzene rings is 1. The normalized spacial score (nSPS) is 28.6. The average molecular weight is 438 g/mol. The van der Waals surface area contributed by atoms with E-state index in [1.54, 1.807) is 0 Å². The minimum atomic E-state index is -1.20. The minimum Gasteiger partial charge on any atom is -0.468 e. The minimum absolute atomic E-state index is 0.0159. The highest BCUT2D eigenvalue weighted by Crippen LogP contribution is 2.67. The Kier molecular flexibility index (Phi) is 3.57. The van der Waals surface area contributed by atoms with Crippen LogP contribution < -0.4 is 0 Å². The summed E-state index contributed by atoms with van der Waals surface area (Å²) < 4.78 is 11.2. The van der Waals surface area contributed by atoms with Crippen molar-refractivity contribution in [2.24, 2.45) is 11.3 Å². The van der Waals surface area contributed by atoms with Gasteiger partial charge in [0, 0.05) is 8.99 Å². The highest BCUT2D eigenvalue weighted by Gasteiger charge is 2.65. The van der Waals surface area contributed by atoms with Crippen molar-refractivity contribution in [3.63, 3.8) is 0 Å². The Labute approximate surface area is 154 Å². The SMILES string of the molecule is COC(=O)C1(C(=O)OC)CC2=Cc3c(I)cccc3C23CCC3C1. The second-order valence-electron chi connectivity index (χ2n) is 7.02. The number of hydrogen-bond donors (Lipinski definition) is 0. The molecule has 3 aliphatic carbocycles. The van der Waals surface area contributed by atoms with E-state index in [0.29, 0.717) is 12.8 Å². The second kappa shape index (κ2) is 5.31. The highest BCUT2D eigenvalue weighted by atomic mass is 127. The number of esters is 2. The largest absolute Gasteiger partial charge is 0.468 e. The fourth-order valence-electron chi connectivity index (χ4n) is 5.05. The molecule has 4 nitrogen and oxygen atoms in total. The van der Waals surface area contributed by atoms with Crippen molar-refractivity contribution in [1.29, 1.82) is 0 Å². The Morgan fingerprint density at radius 1 is 1.21 bits per heavy atom. The van der Waals surface area contributed by atoms with Gasteiger partial charge in [0.1, 0.15) is 0 Å². The molecule has 5 heteroatoms. The molecule has 126 valence electrons. The first-order valence-corrected chi connectivity index (χ1v) is 9.24. The van der Waals surface area contributed by atoms with E-state index in [1.165, 1.54) is 34.5 Å². The van der Waals surface area contributed by atoms with Crippen LogP contribution in [0.3, 0.4) is 0 Å². The van der Waals surface area contributed by atoms with Crippen LogP contribution in [0.25, 0.3) is 6.08 Å². The standard InChI is InChI=1S/C19H19IO4/c1-23-16(21)18(17(22)24-2)9-11-6-7-19(11)12(10-18)8-13-14(19)4-3-5-15(13)20/h3-5,8,11H,6-7,9-10H2,1-2H3. The fourth-order valence-corrected chi connectivity index (χ4v) is 5.71. The van der Waals surface area contributed by atoms with Gasteiger partial charge in [-0.15, -0.1) is 0 Å². The summed E-state index contributed by atoms with van der Waals surface area (Å²) in [6, 6.07) is 6.41. The summed E-state index contributed by atoms with van der Waals surface area (Å²) in [4.78, 5) is 25.1. The molecule has 0 aliphatic heterocycles. The lowest BCUT2D eigenvalue weighted by Crippen LogP contribution is -2.56. The molecule has 0 heterocycles. The van der Waals surface area contributed by atoms with E-state index in [9.17, 15) is 9.59 Å². The summed E-state index contributed by atoms with van der Waals surface area (Å²) in [5.74, 6) is -0.655. The maximum Gasteiger partial charge on any atom is 0.323 e. The van der Waals surface area contributed by atoms with Gasteiger partial charge in [0.2, 0.25) is 0 Å². The van der Waals surface area contributed by atoms with E-state index in [2.05, 4.69) is 46.9 Å². The Morgan fingerprint density at radius 3 is 2.50 bits per heavy atom. The molecule has 0 amide bonds. The zero-order valence-corrected chi connectivity index (χ0v) is 15.9. The molecule has 0 bridgehead atoms. The number of methoxy groups -OCH3 is 2. The van der Waals surface area contributed by atoms with Crippen LogP contribution in [-0.2, 0) is 24.5 Å². The quantitative estimate of drug-likeness (QED) is 0.403. The molecular formula is C19H19IO4. The van der Waals surface area contributed by atoms with Crippen molar-refractivity contribution in [2.45, 2.75) is 31.1 Å². The van der Waals surface area contributed by atoms with Gasteiger partial charge in [0.25, 0.3) is 0 Å². The van der Waals surface area contributed by atoms with Gasteiger partial charge in [-0.1, -0.05) is 23.8 Å². The zero-order valence-electron chi connectivity index (χ0n) is 13.7. The van der Waals surface area contributed by atoms with Crippen molar-refractivity contribution < 1.29 is 19.1 Å². The first kappa shape index (κ1) is 16.1. The Morgan fingerprint density at radius 2 is 1.92 bits per heavy atom. The molecule has 0 aromatic heterocycles. The van der Waals surface area contributed by atoms with Crippen molar-refractivity contribution in [1.82, 2.24) is 0 Å². The van der Waals surface area contributed by atoms with E-state index in [4.69, 9.17) is 9.47 Å². The average Bonchev–Trinajstić information content (AvgIpc) is 2.93. The van der Waals surface area contributed by atoms with Gasteiger partial charge in [-0.05, 0) is 71.4 Å². The van der Waals surface area contributed by atoms with Crippen LogP contribution in [0.4, 0.5) is 0 Å². The predicted molar refractivity (Wildman–Crippen MR) is 97.2 cm³/mol. The molecule has 24 heavy (non-hydrogen) atoms. The first-order chi connectivity index (χ1) is 11.5. The first-order valence-electron chi connectivity index (χ1n) is 8.16. The van der Waals surface area contributed by atoms with Crippen LogP contribution in [0.2, 0.25) is 0 Å². The molecule has 2 atom stereocenters. The van der Waals surface area contributed by atoms with E-state index in [1.807, 2.05) is 0 Å². The molecule has 4 rings (SSSR count). The van der Waals surface area contributed by atoms with Crippen LogP contribution in [-0.4, -0.2) is 26.2 Å². The van der Waals surface area contributed by atoms with Crippen molar-refractivity contribution >= 4 is 40.6 Å². The lowest BCUT2D eigenvalue weighted by atomic mass is 9.46. The molecule has 1 spiro atoms. The topological polar surface area (TPSA) is 52.6 Å². The van der Waals surface area contributed by atoms with E-state index in [0.717, 1.165) is 12.8 Å². The van der Waals surface area contributed by atoms with Gasteiger partial charge in [-0.3, -0.25) is 9.59 Å². The van der Waals surface area contributed by atoms with Crippen LogP contribution in [0.15, 0.2) is 23.8 Å². The van der Waals surface area contributed by atoms with Gasteiger partial charge in [0.15, 0.2) is 5.41 Å². The highest BCUT2D eigenvalue weighted by molar-refractivity contribution is 14.1. The van der Waals surface area contributed by atoms with Crippen LogP contribution in [0.1, 0.15) is 36.8 Å². The van der Waals surface area contributed by atoms with Crippen molar-refractivity contribution in [2.75, 3.05) is 14.2 Å². The Hall–Kier alpha value is -1.37. The number of carbonyl (C=O) groups excluding carboxylic acids is 2. The smallest absolute Gasteiger partial charge is 0.323 e. The lowest BCUT2D eigenvalue weighted by molar-refractivity contribution is -0.174. The van der Waals surface area contributed by atoms with E-state index < -0.39 is 17.4 Å². The number of rotatable bonds is 2.